The van der Waals surface area contributed by atoms with Crippen molar-refractivity contribution in [1.29, 1.82) is 0 Å². The predicted octanol–water partition coefficient (Wildman–Crippen LogP) is 2.01. The van der Waals surface area contributed by atoms with Crippen LogP contribution in [0.15, 0.2) is 11.4 Å². The second-order valence-corrected chi connectivity index (χ2v) is 5.39. The van der Waals surface area contributed by atoms with Crippen molar-refractivity contribution in [2.75, 3.05) is 13.2 Å². The molecular formula is C14H17NO2S. The van der Waals surface area contributed by atoms with Crippen molar-refractivity contribution in [2.45, 2.75) is 25.7 Å². The highest BCUT2D eigenvalue weighted by molar-refractivity contribution is 7.10. The minimum absolute atomic E-state index is 0.00615. The van der Waals surface area contributed by atoms with Gasteiger partial charge in [-0.25, -0.2) is 0 Å². The van der Waals surface area contributed by atoms with Crippen molar-refractivity contribution in [3.8, 4) is 11.8 Å². The van der Waals surface area contributed by atoms with E-state index in [0.29, 0.717) is 17.9 Å². The summed E-state index contributed by atoms with van der Waals surface area (Å²) in [5.41, 5.74) is 0.688. The molecule has 0 atom stereocenters. The smallest absolute Gasteiger partial charge is 0.252 e. The number of rotatable bonds is 4. The van der Waals surface area contributed by atoms with Crippen LogP contribution in [0.1, 0.15) is 40.9 Å². The first-order valence-corrected chi connectivity index (χ1v) is 7.14. The fourth-order valence-electron chi connectivity index (χ4n) is 1.76. The van der Waals surface area contributed by atoms with Gasteiger partial charge in [0.25, 0.3) is 5.91 Å². The molecule has 1 aliphatic carbocycles. The molecule has 1 amide bonds. The molecule has 96 valence electrons. The van der Waals surface area contributed by atoms with Crippen LogP contribution in [0.25, 0.3) is 0 Å². The molecule has 18 heavy (non-hydrogen) atoms. The molecule has 0 aromatic carbocycles. The summed E-state index contributed by atoms with van der Waals surface area (Å²) < 4.78 is 0. The van der Waals surface area contributed by atoms with Crippen LogP contribution in [0.5, 0.6) is 0 Å². The number of thiophene rings is 1. The Morgan fingerprint density at radius 1 is 1.56 bits per heavy atom. The molecule has 0 radical (unpaired) electrons. The molecular weight excluding hydrogens is 246 g/mol. The van der Waals surface area contributed by atoms with Gasteiger partial charge in [-0.1, -0.05) is 18.3 Å². The van der Waals surface area contributed by atoms with Crippen molar-refractivity contribution < 1.29 is 9.90 Å². The summed E-state index contributed by atoms with van der Waals surface area (Å²) >= 11 is 1.47. The molecule has 0 bridgehead atoms. The summed E-state index contributed by atoms with van der Waals surface area (Å²) in [4.78, 5) is 12.7. The predicted molar refractivity (Wildman–Crippen MR) is 72.6 cm³/mol. The Kier molecular flexibility index (Phi) is 4.80. The van der Waals surface area contributed by atoms with Gasteiger partial charge in [0.05, 0.1) is 17.0 Å². The number of nitrogens with one attached hydrogen (secondary N) is 1. The van der Waals surface area contributed by atoms with E-state index in [-0.39, 0.29) is 12.5 Å². The van der Waals surface area contributed by atoms with Gasteiger partial charge in [-0.3, -0.25) is 4.79 Å². The second kappa shape index (κ2) is 6.58. The first kappa shape index (κ1) is 13.1. The molecule has 3 nitrogen and oxygen atoms in total. The average Bonchev–Trinajstić information content (AvgIpc) is 2.76. The van der Waals surface area contributed by atoms with Crippen LogP contribution in [-0.2, 0) is 0 Å². The monoisotopic (exact) mass is 263 g/mol. The van der Waals surface area contributed by atoms with E-state index < -0.39 is 0 Å². The topological polar surface area (TPSA) is 49.3 Å². The van der Waals surface area contributed by atoms with E-state index in [2.05, 4.69) is 17.2 Å². The van der Waals surface area contributed by atoms with E-state index in [1.165, 1.54) is 30.6 Å². The van der Waals surface area contributed by atoms with Gasteiger partial charge in [-0.2, -0.15) is 0 Å². The van der Waals surface area contributed by atoms with Gasteiger partial charge in [0.15, 0.2) is 0 Å². The van der Waals surface area contributed by atoms with Crippen LogP contribution in [0.2, 0.25) is 0 Å². The van der Waals surface area contributed by atoms with Gasteiger partial charge >= 0.3 is 0 Å². The molecule has 0 saturated heterocycles. The van der Waals surface area contributed by atoms with Crippen LogP contribution in [-0.4, -0.2) is 24.2 Å². The lowest BCUT2D eigenvalue weighted by atomic mass is 9.85. The highest BCUT2D eigenvalue weighted by atomic mass is 32.1. The first-order valence-electron chi connectivity index (χ1n) is 6.26. The molecule has 0 aliphatic heterocycles. The summed E-state index contributed by atoms with van der Waals surface area (Å²) in [7, 11) is 0. The van der Waals surface area contributed by atoms with Crippen molar-refractivity contribution in [2.24, 2.45) is 5.92 Å². The van der Waals surface area contributed by atoms with Gasteiger partial charge < -0.3 is 10.4 Å². The minimum atomic E-state index is -0.00615. The van der Waals surface area contributed by atoms with Crippen molar-refractivity contribution in [3.05, 3.63) is 21.9 Å². The highest BCUT2D eigenvalue weighted by Crippen LogP contribution is 2.25. The van der Waals surface area contributed by atoms with Crippen LogP contribution in [0.4, 0.5) is 0 Å². The molecule has 1 aromatic heterocycles. The molecule has 2 N–H and O–H groups in total. The number of carbonyl (C=O) groups excluding carboxylic acids is 1. The summed E-state index contributed by atoms with van der Waals surface area (Å²) in [6.45, 7) is 0.868. The first-order chi connectivity index (χ1) is 8.79. The lowest BCUT2D eigenvalue weighted by Crippen LogP contribution is -2.31. The van der Waals surface area contributed by atoms with Gasteiger partial charge in [-0.05, 0) is 24.8 Å². The largest absolute Gasteiger partial charge is 0.395 e. The van der Waals surface area contributed by atoms with Crippen LogP contribution in [0.3, 0.4) is 0 Å². The summed E-state index contributed by atoms with van der Waals surface area (Å²) in [5.74, 6) is 6.46. The van der Waals surface area contributed by atoms with Crippen molar-refractivity contribution >= 4 is 17.2 Å². The maximum Gasteiger partial charge on any atom is 0.252 e. The van der Waals surface area contributed by atoms with Gasteiger partial charge in [0, 0.05) is 18.3 Å². The Bertz CT molecular complexity index is 466. The maximum atomic E-state index is 11.8. The normalized spacial score (nSPS) is 14.5. The molecule has 1 aromatic rings. The molecule has 0 unspecified atom stereocenters. The molecule has 2 rings (SSSR count). The van der Waals surface area contributed by atoms with E-state index in [9.17, 15) is 4.79 Å². The summed E-state index contributed by atoms with van der Waals surface area (Å²) in [6.07, 6.45) is 4.24. The lowest BCUT2D eigenvalue weighted by Gasteiger charge is -2.25. The number of aliphatic hydroxyl groups is 1. The number of carbonyl (C=O) groups is 1. The van der Waals surface area contributed by atoms with Gasteiger partial charge in [0.2, 0.25) is 0 Å². The molecule has 1 saturated carbocycles. The third-order valence-electron chi connectivity index (χ3n) is 3.09. The van der Waals surface area contributed by atoms with Crippen LogP contribution >= 0.6 is 11.3 Å². The molecule has 0 spiro atoms. The van der Waals surface area contributed by atoms with Crippen molar-refractivity contribution in [3.63, 3.8) is 0 Å². The Hall–Kier alpha value is -1.31. The average molecular weight is 263 g/mol. The highest BCUT2D eigenvalue weighted by Gasteiger charge is 2.18. The molecule has 4 heteroatoms. The fraction of sp³-hybridized carbons (Fsp3) is 0.500. The van der Waals surface area contributed by atoms with Gasteiger partial charge in [0.1, 0.15) is 0 Å². The molecule has 1 aliphatic rings. The minimum Gasteiger partial charge on any atom is -0.395 e. The zero-order chi connectivity index (χ0) is 12.8. The maximum absolute atomic E-state index is 11.8. The second-order valence-electron chi connectivity index (χ2n) is 4.48. The molecule has 1 fully saturated rings. The van der Waals surface area contributed by atoms with E-state index in [0.717, 1.165) is 11.4 Å². The van der Waals surface area contributed by atoms with Gasteiger partial charge in [-0.15, -0.1) is 11.3 Å². The third-order valence-corrected chi connectivity index (χ3v) is 3.93. The van der Waals surface area contributed by atoms with E-state index in [4.69, 9.17) is 5.11 Å². The fourth-order valence-corrected chi connectivity index (χ4v) is 2.52. The number of hydrogen-bond acceptors (Lipinski definition) is 3. The quantitative estimate of drug-likeness (QED) is 0.816. The lowest BCUT2D eigenvalue weighted by molar-refractivity contribution is 0.0939. The number of amides is 1. The number of hydrogen-bond donors (Lipinski definition) is 2. The third kappa shape index (κ3) is 3.59. The standard InChI is InChI=1S/C14H17NO2S/c16-7-2-1-6-13-8-12(10-18-13)14(17)15-9-11-4-3-5-11/h8,10-11,16H,2-5,7,9H2,(H,15,17). The van der Waals surface area contributed by atoms with E-state index in [1.807, 2.05) is 11.4 Å². The zero-order valence-corrected chi connectivity index (χ0v) is 11.1. The summed E-state index contributed by atoms with van der Waals surface area (Å²) in [5, 5.41) is 13.4. The Morgan fingerprint density at radius 3 is 3.06 bits per heavy atom. The number of aliphatic hydroxyl groups excluding tert-OH is 1. The van der Waals surface area contributed by atoms with Crippen LogP contribution < -0.4 is 5.32 Å². The SMILES string of the molecule is O=C(NCC1CCC1)c1csc(C#CCCO)c1. The van der Waals surface area contributed by atoms with Crippen LogP contribution in [0, 0.1) is 17.8 Å². The van der Waals surface area contributed by atoms with E-state index >= 15 is 0 Å². The Morgan fingerprint density at radius 2 is 2.39 bits per heavy atom. The zero-order valence-electron chi connectivity index (χ0n) is 10.2. The Balaban J connectivity index is 1.84. The molecule has 1 heterocycles. The van der Waals surface area contributed by atoms with E-state index in [1.54, 1.807) is 0 Å². The summed E-state index contributed by atoms with van der Waals surface area (Å²) in [6, 6.07) is 1.81. The van der Waals surface area contributed by atoms with Crippen molar-refractivity contribution in [1.82, 2.24) is 5.32 Å². The Labute approximate surface area is 111 Å².